The van der Waals surface area contributed by atoms with Crippen LogP contribution in [0.5, 0.6) is 0 Å². The lowest BCUT2D eigenvalue weighted by Crippen LogP contribution is -2.25. The Morgan fingerprint density at radius 1 is 1.33 bits per heavy atom. The van der Waals surface area contributed by atoms with E-state index < -0.39 is 0 Å². The summed E-state index contributed by atoms with van der Waals surface area (Å²) in [4.78, 5) is 0. The molecule has 0 saturated heterocycles. The molecule has 0 aliphatic rings. The standard InChI is InChI=1S/C15H24BrNO/c1-12(2)9-14(11-17-7-8-18-3)13-5-4-6-15(16)10-13/h4-6,10,12,14,17H,7-9,11H2,1-3H3. The largest absolute Gasteiger partial charge is 0.383 e. The first kappa shape index (κ1) is 15.7. The summed E-state index contributed by atoms with van der Waals surface area (Å²) >= 11 is 3.55. The van der Waals surface area contributed by atoms with E-state index in [1.807, 2.05) is 0 Å². The predicted molar refractivity (Wildman–Crippen MR) is 81.1 cm³/mol. The van der Waals surface area contributed by atoms with Crippen molar-refractivity contribution in [3.8, 4) is 0 Å². The maximum absolute atomic E-state index is 5.06. The van der Waals surface area contributed by atoms with Gasteiger partial charge >= 0.3 is 0 Å². The molecule has 0 fully saturated rings. The fourth-order valence-electron chi connectivity index (χ4n) is 2.12. The number of halogens is 1. The van der Waals surface area contributed by atoms with E-state index in [-0.39, 0.29) is 0 Å². The van der Waals surface area contributed by atoms with Gasteiger partial charge in [0, 0.05) is 24.7 Å². The molecule has 1 unspecified atom stereocenters. The molecule has 2 nitrogen and oxygen atoms in total. The summed E-state index contributed by atoms with van der Waals surface area (Å²) in [5, 5.41) is 3.47. The molecule has 1 atom stereocenters. The third-order valence-electron chi connectivity index (χ3n) is 2.95. The van der Waals surface area contributed by atoms with Gasteiger partial charge in [-0.3, -0.25) is 0 Å². The van der Waals surface area contributed by atoms with E-state index in [0.29, 0.717) is 11.8 Å². The van der Waals surface area contributed by atoms with Crippen molar-refractivity contribution in [2.75, 3.05) is 26.8 Å². The number of hydrogen-bond donors (Lipinski definition) is 1. The van der Waals surface area contributed by atoms with Crippen LogP contribution < -0.4 is 5.32 Å². The minimum Gasteiger partial charge on any atom is -0.383 e. The first-order valence-corrected chi connectivity index (χ1v) is 7.38. The van der Waals surface area contributed by atoms with Gasteiger partial charge in [-0.15, -0.1) is 0 Å². The molecule has 0 saturated carbocycles. The number of hydrogen-bond acceptors (Lipinski definition) is 2. The third kappa shape index (κ3) is 5.98. The topological polar surface area (TPSA) is 21.3 Å². The Morgan fingerprint density at radius 2 is 2.11 bits per heavy atom. The van der Waals surface area contributed by atoms with Gasteiger partial charge in [-0.2, -0.15) is 0 Å². The van der Waals surface area contributed by atoms with Gasteiger partial charge in [0.05, 0.1) is 6.61 Å². The van der Waals surface area contributed by atoms with Crippen LogP contribution in [0.15, 0.2) is 28.7 Å². The average Bonchev–Trinajstić information content (AvgIpc) is 2.32. The number of nitrogens with one attached hydrogen (secondary N) is 1. The summed E-state index contributed by atoms with van der Waals surface area (Å²) in [7, 11) is 1.74. The number of methoxy groups -OCH3 is 1. The lowest BCUT2D eigenvalue weighted by atomic mass is 9.90. The van der Waals surface area contributed by atoms with Gasteiger partial charge in [0.1, 0.15) is 0 Å². The summed E-state index contributed by atoms with van der Waals surface area (Å²) in [6.07, 6.45) is 1.20. The molecule has 0 amide bonds. The molecule has 18 heavy (non-hydrogen) atoms. The summed E-state index contributed by atoms with van der Waals surface area (Å²) < 4.78 is 6.22. The highest BCUT2D eigenvalue weighted by Gasteiger charge is 2.13. The minimum absolute atomic E-state index is 0.569. The summed E-state index contributed by atoms with van der Waals surface area (Å²) in [6.45, 7) is 7.25. The molecule has 1 aromatic carbocycles. The Hall–Kier alpha value is -0.380. The zero-order valence-electron chi connectivity index (χ0n) is 11.6. The fraction of sp³-hybridized carbons (Fsp3) is 0.600. The van der Waals surface area contributed by atoms with Gasteiger partial charge in [-0.25, -0.2) is 0 Å². The minimum atomic E-state index is 0.569. The predicted octanol–water partition coefficient (Wildman–Crippen LogP) is 3.81. The highest BCUT2D eigenvalue weighted by Crippen LogP contribution is 2.25. The number of rotatable bonds is 8. The normalized spacial score (nSPS) is 12.9. The van der Waals surface area contributed by atoms with Crippen LogP contribution >= 0.6 is 15.9 Å². The van der Waals surface area contributed by atoms with Crippen LogP contribution in [0.2, 0.25) is 0 Å². The van der Waals surface area contributed by atoms with Crippen LogP contribution in [0.25, 0.3) is 0 Å². The molecule has 1 rings (SSSR count). The van der Waals surface area contributed by atoms with E-state index in [1.165, 1.54) is 12.0 Å². The van der Waals surface area contributed by atoms with Gasteiger partial charge in [0.25, 0.3) is 0 Å². The van der Waals surface area contributed by atoms with Crippen molar-refractivity contribution in [2.24, 2.45) is 5.92 Å². The van der Waals surface area contributed by atoms with E-state index in [4.69, 9.17) is 4.74 Å². The van der Waals surface area contributed by atoms with Gasteiger partial charge in [0.15, 0.2) is 0 Å². The molecule has 1 N–H and O–H groups in total. The SMILES string of the molecule is COCCNCC(CC(C)C)c1cccc(Br)c1. The second-order valence-electron chi connectivity index (χ2n) is 5.08. The molecule has 1 aromatic rings. The van der Waals surface area contributed by atoms with Gasteiger partial charge in [-0.05, 0) is 36.0 Å². The molecule has 0 bridgehead atoms. The summed E-state index contributed by atoms with van der Waals surface area (Å²) in [6, 6.07) is 8.64. The summed E-state index contributed by atoms with van der Waals surface area (Å²) in [5.74, 6) is 1.28. The summed E-state index contributed by atoms with van der Waals surface area (Å²) in [5.41, 5.74) is 1.41. The molecule has 3 heteroatoms. The first-order chi connectivity index (χ1) is 8.63. The average molecular weight is 314 g/mol. The maximum atomic E-state index is 5.06. The molecule has 0 aromatic heterocycles. The van der Waals surface area contributed by atoms with E-state index in [1.54, 1.807) is 7.11 Å². The van der Waals surface area contributed by atoms with E-state index >= 15 is 0 Å². The highest BCUT2D eigenvalue weighted by molar-refractivity contribution is 9.10. The van der Waals surface area contributed by atoms with Crippen LogP contribution in [0.4, 0.5) is 0 Å². The third-order valence-corrected chi connectivity index (χ3v) is 3.44. The number of benzene rings is 1. The Labute approximate surface area is 119 Å². The molecule has 0 aliphatic heterocycles. The van der Waals surface area contributed by atoms with Crippen molar-refractivity contribution < 1.29 is 4.74 Å². The second-order valence-corrected chi connectivity index (χ2v) is 5.99. The zero-order chi connectivity index (χ0) is 13.4. The zero-order valence-corrected chi connectivity index (χ0v) is 13.2. The highest BCUT2D eigenvalue weighted by atomic mass is 79.9. The fourth-order valence-corrected chi connectivity index (χ4v) is 2.53. The van der Waals surface area contributed by atoms with E-state index in [0.717, 1.165) is 24.2 Å². The smallest absolute Gasteiger partial charge is 0.0587 e. The second kappa shape index (κ2) is 8.68. The first-order valence-electron chi connectivity index (χ1n) is 6.58. The van der Waals surface area contributed by atoms with Crippen molar-refractivity contribution in [3.05, 3.63) is 34.3 Å². The molecule has 0 spiro atoms. The van der Waals surface area contributed by atoms with Gasteiger partial charge < -0.3 is 10.1 Å². The number of ether oxygens (including phenoxy) is 1. The molecular weight excluding hydrogens is 290 g/mol. The van der Waals surface area contributed by atoms with Gasteiger partial charge in [-0.1, -0.05) is 41.9 Å². The van der Waals surface area contributed by atoms with Crippen LogP contribution in [0.1, 0.15) is 31.7 Å². The molecule has 102 valence electrons. The van der Waals surface area contributed by atoms with Crippen molar-refractivity contribution in [3.63, 3.8) is 0 Å². The Bertz CT molecular complexity index is 341. The van der Waals surface area contributed by atoms with E-state index in [9.17, 15) is 0 Å². The van der Waals surface area contributed by atoms with Crippen LogP contribution in [0.3, 0.4) is 0 Å². The van der Waals surface area contributed by atoms with Crippen molar-refractivity contribution >= 4 is 15.9 Å². The Balaban J connectivity index is 2.60. The maximum Gasteiger partial charge on any atom is 0.0587 e. The Morgan fingerprint density at radius 3 is 2.72 bits per heavy atom. The van der Waals surface area contributed by atoms with E-state index in [2.05, 4.69) is 59.4 Å². The van der Waals surface area contributed by atoms with Crippen molar-refractivity contribution in [1.82, 2.24) is 5.32 Å². The lowest BCUT2D eigenvalue weighted by molar-refractivity contribution is 0.198. The quantitative estimate of drug-likeness (QED) is 0.737. The molecule has 0 aliphatic carbocycles. The van der Waals surface area contributed by atoms with Crippen molar-refractivity contribution in [2.45, 2.75) is 26.2 Å². The molecule has 0 heterocycles. The monoisotopic (exact) mass is 313 g/mol. The van der Waals surface area contributed by atoms with Gasteiger partial charge in [0.2, 0.25) is 0 Å². The Kier molecular flexibility index (Phi) is 7.56. The lowest BCUT2D eigenvalue weighted by Gasteiger charge is -2.20. The van der Waals surface area contributed by atoms with Crippen molar-refractivity contribution in [1.29, 1.82) is 0 Å². The molecule has 0 radical (unpaired) electrons. The van der Waals surface area contributed by atoms with Crippen LogP contribution in [-0.2, 0) is 4.74 Å². The van der Waals surface area contributed by atoms with Crippen LogP contribution in [0, 0.1) is 5.92 Å². The molecular formula is C15H24BrNO. The van der Waals surface area contributed by atoms with Crippen LogP contribution in [-0.4, -0.2) is 26.8 Å².